The van der Waals surface area contributed by atoms with E-state index in [4.69, 9.17) is 0 Å². The number of carboxylic acids is 1. The Morgan fingerprint density at radius 1 is 1.15 bits per heavy atom. The summed E-state index contributed by atoms with van der Waals surface area (Å²) in [5.41, 5.74) is 2.05. The van der Waals surface area contributed by atoms with Crippen LogP contribution in [0, 0.1) is 0 Å². The molecule has 1 unspecified atom stereocenters. The molecular weight excluding hydrogens is 389 g/mol. The first-order chi connectivity index (χ1) is 12.6. The number of aliphatic imine (C=N–C) groups is 1. The Balaban J connectivity index is 0.00000364. The number of hydrogen-bond acceptors (Lipinski definition) is 4. The summed E-state index contributed by atoms with van der Waals surface area (Å²) in [6, 6.07) is 11.4. The summed E-state index contributed by atoms with van der Waals surface area (Å²) in [4.78, 5) is 32.2. The number of rotatable bonds is 8. The first-order valence-electron chi connectivity index (χ1n) is 8.62. The standard InChI is InChI=1S/C20H23N3O3.Ni/c1-3-9-16(22-15(4-2)20(25)26)14-10-5-6-11-17(14)23-19(24)18-12-7-8-13-21-18;/h5-8,10-13,15H,3-4,9H2,1-2H3,(H2,22,23,24,25,26);/p-1. The van der Waals surface area contributed by atoms with E-state index in [1.807, 2.05) is 19.1 Å². The van der Waals surface area contributed by atoms with Crippen LogP contribution in [0.15, 0.2) is 53.7 Å². The fourth-order valence-corrected chi connectivity index (χ4v) is 2.49. The summed E-state index contributed by atoms with van der Waals surface area (Å²) in [5.74, 6) is -1.40. The number of amides is 1. The van der Waals surface area contributed by atoms with Crippen molar-refractivity contribution >= 4 is 23.3 Å². The minimum Gasteiger partial charge on any atom is -0.621 e. The molecule has 0 saturated heterocycles. The van der Waals surface area contributed by atoms with Gasteiger partial charge in [0.05, 0.1) is 5.69 Å². The van der Waals surface area contributed by atoms with Crippen LogP contribution in [0.3, 0.4) is 0 Å². The van der Waals surface area contributed by atoms with Crippen LogP contribution in [0.4, 0.5) is 5.69 Å². The number of hydrogen-bond donors (Lipinski definition) is 1. The van der Waals surface area contributed by atoms with E-state index in [2.05, 4.69) is 15.3 Å². The molecule has 1 aromatic heterocycles. The molecule has 6 nitrogen and oxygen atoms in total. The number of benzene rings is 1. The first-order valence-corrected chi connectivity index (χ1v) is 8.62. The molecule has 1 heterocycles. The van der Waals surface area contributed by atoms with Gasteiger partial charge in [-0.15, -0.1) is 5.69 Å². The van der Waals surface area contributed by atoms with Crippen LogP contribution in [-0.2, 0) is 21.3 Å². The molecule has 0 saturated carbocycles. The molecule has 2 aromatic rings. The van der Waals surface area contributed by atoms with Crippen LogP contribution < -0.4 is 0 Å². The van der Waals surface area contributed by atoms with Crippen molar-refractivity contribution in [2.45, 2.75) is 39.2 Å². The smallest absolute Gasteiger partial charge is 0.328 e. The van der Waals surface area contributed by atoms with Crippen molar-refractivity contribution < 1.29 is 31.2 Å². The molecule has 7 heteroatoms. The summed E-state index contributed by atoms with van der Waals surface area (Å²) in [6.07, 6.45) is 3.34. The maximum atomic E-state index is 12.4. The van der Waals surface area contributed by atoms with Crippen molar-refractivity contribution in [3.63, 3.8) is 0 Å². The number of para-hydroxylation sites is 1. The Labute approximate surface area is 169 Å². The van der Waals surface area contributed by atoms with Crippen molar-refractivity contribution in [1.82, 2.24) is 4.98 Å². The molecule has 1 atom stereocenters. The van der Waals surface area contributed by atoms with Crippen molar-refractivity contribution in [1.29, 1.82) is 0 Å². The van der Waals surface area contributed by atoms with Crippen LogP contribution in [0.5, 0.6) is 0 Å². The number of aliphatic carboxylic acids is 1. The molecule has 0 bridgehead atoms. The van der Waals surface area contributed by atoms with E-state index in [1.54, 1.807) is 37.3 Å². The van der Waals surface area contributed by atoms with E-state index in [1.165, 1.54) is 6.20 Å². The van der Waals surface area contributed by atoms with Gasteiger partial charge in [-0.2, -0.15) is 0 Å². The summed E-state index contributed by atoms with van der Waals surface area (Å²) < 4.78 is 0. The number of carbonyl (C=O) groups excluding carboxylic acids is 1. The summed E-state index contributed by atoms with van der Waals surface area (Å²) in [6.45, 7) is 3.78. The van der Waals surface area contributed by atoms with Gasteiger partial charge in [-0.25, -0.2) is 4.79 Å². The fraction of sp³-hybridized carbons (Fsp3) is 0.300. The molecule has 2 rings (SSSR count). The third kappa shape index (κ3) is 6.29. The van der Waals surface area contributed by atoms with E-state index in [0.717, 1.165) is 6.42 Å². The summed E-state index contributed by atoms with van der Waals surface area (Å²) in [5, 5.41) is 13.5. The SMILES string of the molecule is CCCC(=NC(CC)C(=O)O)c1ccccc1[N-]C(=O)c1ccccn1.[Ni]. The third-order valence-corrected chi connectivity index (χ3v) is 3.79. The van der Waals surface area contributed by atoms with Crippen molar-refractivity contribution in [3.8, 4) is 0 Å². The van der Waals surface area contributed by atoms with Crippen LogP contribution in [0.1, 0.15) is 49.2 Å². The predicted octanol–water partition coefficient (Wildman–Crippen LogP) is 4.38. The maximum Gasteiger partial charge on any atom is 0.328 e. The van der Waals surface area contributed by atoms with Crippen LogP contribution >= 0.6 is 0 Å². The Bertz CT molecular complexity index is 794. The monoisotopic (exact) mass is 410 g/mol. The zero-order chi connectivity index (χ0) is 18.9. The van der Waals surface area contributed by atoms with Crippen molar-refractivity contribution in [2.75, 3.05) is 0 Å². The Morgan fingerprint density at radius 2 is 1.85 bits per heavy atom. The number of carboxylic acid groups (broad SMARTS) is 1. The minimum absolute atomic E-state index is 0. The number of nitrogens with zero attached hydrogens (tertiary/aromatic N) is 3. The molecule has 0 spiro atoms. The molecule has 0 aliphatic carbocycles. The van der Waals surface area contributed by atoms with Crippen molar-refractivity contribution in [2.24, 2.45) is 4.99 Å². The number of pyridine rings is 1. The van der Waals surface area contributed by atoms with E-state index in [-0.39, 0.29) is 22.2 Å². The Hall–Kier alpha value is -2.53. The zero-order valence-corrected chi connectivity index (χ0v) is 16.2. The molecule has 1 aromatic carbocycles. The molecule has 1 amide bonds. The average Bonchev–Trinajstić information content (AvgIpc) is 2.66. The predicted molar refractivity (Wildman–Crippen MR) is 101 cm³/mol. The molecule has 1 N–H and O–H groups in total. The maximum absolute atomic E-state index is 12.4. The quantitative estimate of drug-likeness (QED) is 0.516. The van der Waals surface area contributed by atoms with Gasteiger partial charge in [0.25, 0.3) is 0 Å². The van der Waals surface area contributed by atoms with Gasteiger partial charge in [0.2, 0.25) is 0 Å². The van der Waals surface area contributed by atoms with Gasteiger partial charge >= 0.3 is 5.97 Å². The van der Waals surface area contributed by atoms with Crippen LogP contribution in [-0.4, -0.2) is 33.7 Å². The fourth-order valence-electron chi connectivity index (χ4n) is 2.49. The van der Waals surface area contributed by atoms with Gasteiger partial charge in [-0.3, -0.25) is 9.98 Å². The molecular formula is C20H22N3NiO3-. The van der Waals surface area contributed by atoms with E-state index in [0.29, 0.717) is 29.8 Å². The second-order valence-corrected chi connectivity index (χ2v) is 5.74. The molecule has 0 aliphatic rings. The van der Waals surface area contributed by atoms with Gasteiger partial charge in [0.15, 0.2) is 0 Å². The Kier molecular flexibility index (Phi) is 9.37. The second-order valence-electron chi connectivity index (χ2n) is 5.74. The van der Waals surface area contributed by atoms with E-state index < -0.39 is 17.9 Å². The first kappa shape index (κ1) is 22.5. The molecule has 0 fully saturated rings. The normalized spacial score (nSPS) is 12.0. The topological polar surface area (TPSA) is 93.7 Å². The average molecular weight is 411 g/mol. The van der Waals surface area contributed by atoms with Gasteiger partial charge in [0.1, 0.15) is 11.9 Å². The second kappa shape index (κ2) is 11.2. The van der Waals surface area contributed by atoms with Gasteiger partial charge in [0, 0.05) is 28.4 Å². The van der Waals surface area contributed by atoms with Crippen LogP contribution in [0.25, 0.3) is 5.32 Å². The van der Waals surface area contributed by atoms with E-state index in [9.17, 15) is 14.7 Å². The minimum atomic E-state index is -0.958. The molecule has 27 heavy (non-hydrogen) atoms. The van der Waals surface area contributed by atoms with Gasteiger partial charge in [-0.1, -0.05) is 50.6 Å². The van der Waals surface area contributed by atoms with Gasteiger partial charge < -0.3 is 15.2 Å². The summed E-state index contributed by atoms with van der Waals surface area (Å²) in [7, 11) is 0. The zero-order valence-electron chi connectivity index (χ0n) is 15.2. The third-order valence-electron chi connectivity index (χ3n) is 3.79. The molecule has 146 valence electrons. The van der Waals surface area contributed by atoms with Gasteiger partial charge in [-0.05, 0) is 30.5 Å². The molecule has 0 aliphatic heterocycles. The number of carbonyl (C=O) groups is 2. The number of aromatic nitrogens is 1. The van der Waals surface area contributed by atoms with Crippen molar-refractivity contribution in [3.05, 3.63) is 65.2 Å². The van der Waals surface area contributed by atoms with E-state index >= 15 is 0 Å². The summed E-state index contributed by atoms with van der Waals surface area (Å²) >= 11 is 0. The molecule has 0 radical (unpaired) electrons. The van der Waals surface area contributed by atoms with Crippen LogP contribution in [0.2, 0.25) is 0 Å². The largest absolute Gasteiger partial charge is 0.621 e. The Morgan fingerprint density at radius 3 is 2.44 bits per heavy atom.